The van der Waals surface area contributed by atoms with E-state index in [0.29, 0.717) is 11.7 Å². The highest BCUT2D eigenvalue weighted by Gasteiger charge is 2.14. The van der Waals surface area contributed by atoms with Gasteiger partial charge < -0.3 is 15.2 Å². The van der Waals surface area contributed by atoms with Gasteiger partial charge in [0.05, 0.1) is 12.5 Å². The number of anilines is 1. The number of nitrogens with zero attached hydrogens (tertiary/aromatic N) is 2. The molecule has 0 aliphatic carbocycles. The molecule has 1 atom stereocenters. The number of carbonyl (C=O) groups excluding carboxylic acids is 1. The van der Waals surface area contributed by atoms with E-state index in [9.17, 15) is 9.59 Å². The van der Waals surface area contributed by atoms with E-state index < -0.39 is 18.1 Å². The lowest BCUT2D eigenvalue weighted by Gasteiger charge is -2.15. The van der Waals surface area contributed by atoms with E-state index in [1.54, 1.807) is 6.92 Å². The maximum atomic E-state index is 11.4. The summed E-state index contributed by atoms with van der Waals surface area (Å²) in [6, 6.07) is -0.471. The van der Waals surface area contributed by atoms with Crippen LogP contribution in [-0.4, -0.2) is 46.6 Å². The average Bonchev–Trinajstić information content (AvgIpc) is 2.78. The second-order valence-electron chi connectivity index (χ2n) is 3.25. The molecule has 100 valence electrons. The van der Waals surface area contributed by atoms with Crippen molar-refractivity contribution in [3.63, 3.8) is 0 Å². The summed E-state index contributed by atoms with van der Waals surface area (Å²) in [5.74, 6) is -0.972. The Morgan fingerprint density at radius 3 is 2.94 bits per heavy atom. The Kier molecular flexibility index (Phi) is 6.01. The number of nitrogens with one attached hydrogen (secondary N) is 2. The van der Waals surface area contributed by atoms with Gasteiger partial charge >= 0.3 is 12.0 Å². The minimum absolute atomic E-state index is 0.116. The quantitative estimate of drug-likeness (QED) is 0.668. The number of rotatable bonds is 7. The van der Waals surface area contributed by atoms with Crippen LogP contribution in [0.3, 0.4) is 0 Å². The van der Waals surface area contributed by atoms with Crippen molar-refractivity contribution in [3.05, 3.63) is 5.51 Å². The van der Waals surface area contributed by atoms with Crippen LogP contribution in [0.2, 0.25) is 0 Å². The van der Waals surface area contributed by atoms with Crippen LogP contribution in [0.4, 0.5) is 9.93 Å². The summed E-state index contributed by atoms with van der Waals surface area (Å²) in [4.78, 5) is 22.0. The monoisotopic (exact) mass is 274 g/mol. The Balaban J connectivity index is 2.32. The fraction of sp³-hybridized carbons (Fsp3) is 0.556. The first kappa shape index (κ1) is 14.3. The van der Waals surface area contributed by atoms with Gasteiger partial charge in [0.2, 0.25) is 5.13 Å². The number of hydrogen-bond donors (Lipinski definition) is 3. The number of hydrogen-bond acceptors (Lipinski definition) is 6. The molecule has 0 spiro atoms. The molecule has 0 aromatic carbocycles. The first-order valence-electron chi connectivity index (χ1n) is 5.26. The molecule has 1 unspecified atom stereocenters. The summed E-state index contributed by atoms with van der Waals surface area (Å²) in [5.41, 5.74) is 1.49. The number of carbonyl (C=O) groups is 2. The van der Waals surface area contributed by atoms with Gasteiger partial charge in [-0.3, -0.25) is 10.1 Å². The zero-order valence-electron chi connectivity index (χ0n) is 9.75. The normalized spacial score (nSPS) is 11.8. The third kappa shape index (κ3) is 5.55. The van der Waals surface area contributed by atoms with Gasteiger partial charge in [-0.05, 0) is 6.92 Å². The SMILES string of the molecule is CCOC(CNC(=O)Nc1nncs1)CC(=O)O. The number of carboxylic acid groups (broad SMARTS) is 1. The van der Waals surface area contributed by atoms with Crippen LogP contribution in [0.1, 0.15) is 13.3 Å². The van der Waals surface area contributed by atoms with Gasteiger partial charge in [0.1, 0.15) is 5.51 Å². The maximum absolute atomic E-state index is 11.4. The van der Waals surface area contributed by atoms with E-state index in [1.165, 1.54) is 16.8 Å². The first-order chi connectivity index (χ1) is 8.61. The van der Waals surface area contributed by atoms with Crippen LogP contribution < -0.4 is 10.6 Å². The van der Waals surface area contributed by atoms with Gasteiger partial charge in [-0.15, -0.1) is 10.2 Å². The number of aromatic nitrogens is 2. The Morgan fingerprint density at radius 2 is 2.39 bits per heavy atom. The zero-order valence-corrected chi connectivity index (χ0v) is 10.6. The number of urea groups is 1. The molecule has 0 bridgehead atoms. The van der Waals surface area contributed by atoms with Crippen LogP contribution in [-0.2, 0) is 9.53 Å². The molecule has 9 heteroatoms. The highest BCUT2D eigenvalue weighted by Crippen LogP contribution is 2.07. The van der Waals surface area contributed by atoms with Crippen molar-refractivity contribution in [2.45, 2.75) is 19.4 Å². The molecular weight excluding hydrogens is 260 g/mol. The standard InChI is InChI=1S/C9H14N4O4S/c1-2-17-6(3-7(14)15)4-10-8(16)12-9-13-11-5-18-9/h5-6H,2-4H2,1H3,(H,14,15)(H2,10,12,13,16). The topological polar surface area (TPSA) is 113 Å². The molecule has 1 heterocycles. The summed E-state index contributed by atoms with van der Waals surface area (Å²) < 4.78 is 5.19. The first-order valence-corrected chi connectivity index (χ1v) is 6.14. The number of amides is 2. The summed E-state index contributed by atoms with van der Waals surface area (Å²) in [6.07, 6.45) is -0.708. The second kappa shape index (κ2) is 7.56. The smallest absolute Gasteiger partial charge is 0.321 e. The molecule has 8 nitrogen and oxygen atoms in total. The largest absolute Gasteiger partial charge is 0.481 e. The number of ether oxygens (including phenoxy) is 1. The van der Waals surface area contributed by atoms with E-state index in [0.717, 1.165) is 0 Å². The lowest BCUT2D eigenvalue weighted by atomic mass is 10.2. The van der Waals surface area contributed by atoms with Crippen molar-refractivity contribution in [3.8, 4) is 0 Å². The summed E-state index contributed by atoms with van der Waals surface area (Å²) in [5, 5.41) is 21.2. The van der Waals surface area contributed by atoms with Crippen LogP contribution in [0, 0.1) is 0 Å². The lowest BCUT2D eigenvalue weighted by Crippen LogP contribution is -2.37. The molecule has 0 aliphatic rings. The molecule has 0 saturated carbocycles. The Hall–Kier alpha value is -1.74. The summed E-state index contributed by atoms with van der Waals surface area (Å²) >= 11 is 1.19. The van der Waals surface area contributed by atoms with Crippen LogP contribution in [0.5, 0.6) is 0 Å². The predicted molar refractivity (Wildman–Crippen MR) is 64.6 cm³/mol. The molecule has 1 aromatic rings. The van der Waals surface area contributed by atoms with Gasteiger partial charge in [0.25, 0.3) is 0 Å². The van der Waals surface area contributed by atoms with Crippen molar-refractivity contribution in [1.29, 1.82) is 0 Å². The van der Waals surface area contributed by atoms with E-state index in [-0.39, 0.29) is 13.0 Å². The lowest BCUT2D eigenvalue weighted by molar-refractivity contribution is -0.140. The molecule has 1 aromatic heterocycles. The van der Waals surface area contributed by atoms with Crippen molar-refractivity contribution < 1.29 is 19.4 Å². The minimum Gasteiger partial charge on any atom is -0.481 e. The fourth-order valence-electron chi connectivity index (χ4n) is 1.20. The molecule has 18 heavy (non-hydrogen) atoms. The minimum atomic E-state index is -0.972. The summed E-state index contributed by atoms with van der Waals surface area (Å²) in [6.45, 7) is 2.26. The Bertz CT molecular complexity index is 384. The molecular formula is C9H14N4O4S. The van der Waals surface area contributed by atoms with Crippen molar-refractivity contribution >= 4 is 28.5 Å². The van der Waals surface area contributed by atoms with Crippen LogP contribution in [0.25, 0.3) is 0 Å². The van der Waals surface area contributed by atoms with Crippen molar-refractivity contribution in [2.75, 3.05) is 18.5 Å². The van der Waals surface area contributed by atoms with E-state index in [2.05, 4.69) is 20.8 Å². The van der Waals surface area contributed by atoms with Crippen LogP contribution >= 0.6 is 11.3 Å². The molecule has 1 rings (SSSR count). The zero-order chi connectivity index (χ0) is 13.4. The van der Waals surface area contributed by atoms with E-state index >= 15 is 0 Å². The van der Waals surface area contributed by atoms with Gasteiger partial charge in [0, 0.05) is 13.2 Å². The van der Waals surface area contributed by atoms with Crippen molar-refractivity contribution in [2.24, 2.45) is 0 Å². The molecule has 3 N–H and O–H groups in total. The molecule has 0 saturated heterocycles. The molecule has 0 fully saturated rings. The van der Waals surface area contributed by atoms with E-state index in [1.807, 2.05) is 0 Å². The van der Waals surface area contributed by atoms with E-state index in [4.69, 9.17) is 9.84 Å². The molecule has 0 radical (unpaired) electrons. The Morgan fingerprint density at radius 1 is 1.61 bits per heavy atom. The highest BCUT2D eigenvalue weighted by molar-refractivity contribution is 7.13. The van der Waals surface area contributed by atoms with Gasteiger partial charge in [0.15, 0.2) is 0 Å². The number of carboxylic acids is 1. The predicted octanol–water partition coefficient (Wildman–Crippen LogP) is 0.539. The maximum Gasteiger partial charge on any atom is 0.321 e. The second-order valence-corrected chi connectivity index (χ2v) is 4.09. The van der Waals surface area contributed by atoms with Gasteiger partial charge in [-0.25, -0.2) is 4.79 Å². The molecule has 2 amide bonds. The van der Waals surface area contributed by atoms with Gasteiger partial charge in [-0.2, -0.15) is 0 Å². The van der Waals surface area contributed by atoms with Crippen LogP contribution in [0.15, 0.2) is 5.51 Å². The highest BCUT2D eigenvalue weighted by atomic mass is 32.1. The number of aliphatic carboxylic acids is 1. The Labute approximate surface area is 107 Å². The third-order valence-electron chi connectivity index (χ3n) is 1.88. The third-order valence-corrected chi connectivity index (χ3v) is 2.48. The van der Waals surface area contributed by atoms with Crippen molar-refractivity contribution in [1.82, 2.24) is 15.5 Å². The fourth-order valence-corrected chi connectivity index (χ4v) is 1.64. The summed E-state index contributed by atoms with van der Waals surface area (Å²) in [7, 11) is 0. The van der Waals surface area contributed by atoms with Gasteiger partial charge in [-0.1, -0.05) is 11.3 Å². The molecule has 0 aliphatic heterocycles. The average molecular weight is 274 g/mol.